The summed E-state index contributed by atoms with van der Waals surface area (Å²) in [5.41, 5.74) is -0.182. The molecule has 0 spiro atoms. The fourth-order valence-electron chi connectivity index (χ4n) is 1.17. The third-order valence-electron chi connectivity index (χ3n) is 2.54. The lowest BCUT2D eigenvalue weighted by atomic mass is 10.1. The van der Waals surface area contributed by atoms with Gasteiger partial charge in [-0.15, -0.1) is 0 Å². The maximum atomic E-state index is 13.5. The first-order chi connectivity index (χ1) is 7.45. The first kappa shape index (κ1) is 12.4. The van der Waals surface area contributed by atoms with E-state index in [1.165, 1.54) is 0 Å². The molecule has 0 fully saturated rings. The van der Waals surface area contributed by atoms with Crippen LogP contribution in [0.3, 0.4) is 0 Å². The molecule has 0 aliphatic rings. The SMILES string of the molecule is CC(C)[C@H](C)Nc1c(F)cc(C#N)cc1F. The lowest BCUT2D eigenvalue weighted by molar-refractivity contribution is 0.538. The van der Waals surface area contributed by atoms with Gasteiger partial charge in [-0.05, 0) is 25.0 Å². The number of nitrogens with zero attached hydrogens (tertiary/aromatic N) is 1. The highest BCUT2D eigenvalue weighted by Gasteiger charge is 2.15. The Kier molecular flexibility index (Phi) is 3.83. The van der Waals surface area contributed by atoms with Gasteiger partial charge in [0.25, 0.3) is 0 Å². The second-order valence-corrected chi connectivity index (χ2v) is 4.10. The fraction of sp³-hybridized carbons (Fsp3) is 0.417. The van der Waals surface area contributed by atoms with E-state index >= 15 is 0 Å². The quantitative estimate of drug-likeness (QED) is 0.855. The van der Waals surface area contributed by atoms with E-state index in [-0.39, 0.29) is 23.2 Å². The Bertz CT molecular complexity index is 399. The number of anilines is 1. The van der Waals surface area contributed by atoms with Crippen LogP contribution in [-0.4, -0.2) is 6.04 Å². The molecular formula is C12H14F2N2. The third-order valence-corrected chi connectivity index (χ3v) is 2.54. The molecule has 0 saturated heterocycles. The second kappa shape index (κ2) is 4.93. The molecule has 0 saturated carbocycles. The zero-order valence-corrected chi connectivity index (χ0v) is 9.51. The van der Waals surface area contributed by atoms with Gasteiger partial charge in [0.05, 0.1) is 11.6 Å². The Balaban J connectivity index is 3.02. The van der Waals surface area contributed by atoms with E-state index in [0.717, 1.165) is 12.1 Å². The Hall–Kier alpha value is -1.63. The van der Waals surface area contributed by atoms with Gasteiger partial charge in [0.15, 0.2) is 11.6 Å². The van der Waals surface area contributed by atoms with Crippen molar-refractivity contribution in [2.45, 2.75) is 26.8 Å². The highest BCUT2D eigenvalue weighted by atomic mass is 19.1. The molecule has 1 rings (SSSR count). The van der Waals surface area contributed by atoms with Crippen LogP contribution in [0.2, 0.25) is 0 Å². The van der Waals surface area contributed by atoms with E-state index in [9.17, 15) is 8.78 Å². The summed E-state index contributed by atoms with van der Waals surface area (Å²) in [6, 6.07) is 3.71. The molecule has 0 unspecified atom stereocenters. The van der Waals surface area contributed by atoms with Crippen molar-refractivity contribution in [1.82, 2.24) is 0 Å². The van der Waals surface area contributed by atoms with Crippen LogP contribution < -0.4 is 5.32 Å². The van der Waals surface area contributed by atoms with Crippen LogP contribution in [0.15, 0.2) is 12.1 Å². The summed E-state index contributed by atoms with van der Waals surface area (Å²) in [7, 11) is 0. The predicted molar refractivity (Wildman–Crippen MR) is 59.0 cm³/mol. The third kappa shape index (κ3) is 2.69. The number of hydrogen-bond donors (Lipinski definition) is 1. The molecule has 0 aliphatic heterocycles. The van der Waals surface area contributed by atoms with Crippen molar-refractivity contribution in [3.63, 3.8) is 0 Å². The lowest BCUT2D eigenvalue weighted by Crippen LogP contribution is -2.22. The summed E-state index contributed by atoms with van der Waals surface area (Å²) in [5, 5.41) is 11.3. The van der Waals surface area contributed by atoms with Crippen LogP contribution in [0, 0.1) is 28.9 Å². The number of benzene rings is 1. The first-order valence-electron chi connectivity index (χ1n) is 5.11. The van der Waals surface area contributed by atoms with Crippen molar-refractivity contribution < 1.29 is 8.78 Å². The first-order valence-corrected chi connectivity index (χ1v) is 5.11. The van der Waals surface area contributed by atoms with Crippen LogP contribution in [0.5, 0.6) is 0 Å². The minimum Gasteiger partial charge on any atom is -0.378 e. The maximum absolute atomic E-state index is 13.5. The molecule has 1 atom stereocenters. The van der Waals surface area contributed by atoms with Crippen LogP contribution in [0.4, 0.5) is 14.5 Å². The molecule has 0 radical (unpaired) electrons. The highest BCUT2D eigenvalue weighted by Crippen LogP contribution is 2.22. The summed E-state index contributed by atoms with van der Waals surface area (Å²) in [6.45, 7) is 5.76. The summed E-state index contributed by atoms with van der Waals surface area (Å²) >= 11 is 0. The molecule has 1 N–H and O–H groups in total. The normalized spacial score (nSPS) is 12.3. The molecule has 86 valence electrons. The topological polar surface area (TPSA) is 35.8 Å². The number of nitrogens with one attached hydrogen (secondary N) is 1. The zero-order valence-electron chi connectivity index (χ0n) is 9.51. The maximum Gasteiger partial charge on any atom is 0.150 e. The van der Waals surface area contributed by atoms with Crippen molar-refractivity contribution in [3.05, 3.63) is 29.3 Å². The van der Waals surface area contributed by atoms with Gasteiger partial charge in [0.1, 0.15) is 5.69 Å². The van der Waals surface area contributed by atoms with Gasteiger partial charge in [-0.25, -0.2) is 8.78 Å². The molecule has 1 aromatic carbocycles. The van der Waals surface area contributed by atoms with Crippen LogP contribution >= 0.6 is 0 Å². The predicted octanol–water partition coefficient (Wildman–Crippen LogP) is 3.29. The Morgan fingerprint density at radius 1 is 1.19 bits per heavy atom. The van der Waals surface area contributed by atoms with Crippen molar-refractivity contribution in [2.75, 3.05) is 5.32 Å². The molecule has 0 amide bonds. The summed E-state index contributed by atoms with van der Waals surface area (Å²) in [4.78, 5) is 0. The smallest absolute Gasteiger partial charge is 0.150 e. The minimum atomic E-state index is -0.732. The second-order valence-electron chi connectivity index (χ2n) is 4.10. The Labute approximate surface area is 93.9 Å². The molecule has 0 aromatic heterocycles. The fourth-order valence-corrected chi connectivity index (χ4v) is 1.17. The van der Waals surface area contributed by atoms with Crippen molar-refractivity contribution in [3.8, 4) is 6.07 Å². The molecule has 1 aromatic rings. The summed E-state index contributed by atoms with van der Waals surface area (Å²) in [6.07, 6.45) is 0. The van der Waals surface area contributed by atoms with Crippen LogP contribution in [0.25, 0.3) is 0 Å². The largest absolute Gasteiger partial charge is 0.378 e. The van der Waals surface area contributed by atoms with E-state index in [4.69, 9.17) is 5.26 Å². The van der Waals surface area contributed by atoms with E-state index in [1.54, 1.807) is 6.07 Å². The number of hydrogen-bond acceptors (Lipinski definition) is 2. The molecule has 0 aliphatic carbocycles. The summed E-state index contributed by atoms with van der Waals surface area (Å²) in [5.74, 6) is -1.21. The van der Waals surface area contributed by atoms with Gasteiger partial charge in [-0.2, -0.15) is 5.26 Å². The molecule has 0 heterocycles. The summed E-state index contributed by atoms with van der Waals surface area (Å²) < 4.78 is 26.9. The van der Waals surface area contributed by atoms with E-state index in [0.29, 0.717) is 0 Å². The van der Waals surface area contributed by atoms with Gasteiger partial charge in [-0.3, -0.25) is 0 Å². The number of halogens is 2. The van der Waals surface area contributed by atoms with E-state index in [1.807, 2.05) is 20.8 Å². The average molecular weight is 224 g/mol. The molecule has 4 heteroatoms. The molecule has 0 bridgehead atoms. The number of nitriles is 1. The van der Waals surface area contributed by atoms with E-state index < -0.39 is 11.6 Å². The standard InChI is InChI=1S/C12H14F2N2/c1-7(2)8(3)16-12-10(13)4-9(6-15)5-11(12)14/h4-5,7-8,16H,1-3H3/t8-/m0/s1. The molecular weight excluding hydrogens is 210 g/mol. The average Bonchev–Trinajstić information content (AvgIpc) is 2.22. The van der Waals surface area contributed by atoms with Gasteiger partial charge in [0, 0.05) is 6.04 Å². The van der Waals surface area contributed by atoms with Crippen LogP contribution in [0.1, 0.15) is 26.3 Å². The van der Waals surface area contributed by atoms with E-state index in [2.05, 4.69) is 5.32 Å². The van der Waals surface area contributed by atoms with Gasteiger partial charge in [0.2, 0.25) is 0 Å². The number of rotatable bonds is 3. The van der Waals surface area contributed by atoms with Gasteiger partial charge >= 0.3 is 0 Å². The van der Waals surface area contributed by atoms with Crippen molar-refractivity contribution in [1.29, 1.82) is 5.26 Å². The van der Waals surface area contributed by atoms with Crippen LogP contribution in [-0.2, 0) is 0 Å². The highest BCUT2D eigenvalue weighted by molar-refractivity contribution is 5.50. The Morgan fingerprint density at radius 2 is 1.69 bits per heavy atom. The molecule has 2 nitrogen and oxygen atoms in total. The molecule has 16 heavy (non-hydrogen) atoms. The van der Waals surface area contributed by atoms with Gasteiger partial charge < -0.3 is 5.32 Å². The monoisotopic (exact) mass is 224 g/mol. The van der Waals surface area contributed by atoms with Crippen molar-refractivity contribution >= 4 is 5.69 Å². The van der Waals surface area contributed by atoms with Crippen molar-refractivity contribution in [2.24, 2.45) is 5.92 Å². The Morgan fingerprint density at radius 3 is 2.06 bits per heavy atom. The minimum absolute atomic E-state index is 0.0160. The zero-order chi connectivity index (χ0) is 12.3. The lowest BCUT2D eigenvalue weighted by Gasteiger charge is -2.19. The van der Waals surface area contributed by atoms with Gasteiger partial charge in [-0.1, -0.05) is 13.8 Å².